The van der Waals surface area contributed by atoms with Gasteiger partial charge in [0.2, 0.25) is 12.7 Å². The van der Waals surface area contributed by atoms with Gasteiger partial charge in [-0.1, -0.05) is 32.0 Å². The highest BCUT2D eigenvalue weighted by molar-refractivity contribution is 6.23. The molecule has 5 rings (SSSR count). The number of hydrogen-bond donors (Lipinski definition) is 0. The van der Waals surface area contributed by atoms with Crippen molar-refractivity contribution in [2.75, 3.05) is 11.7 Å². The molecule has 3 aromatic rings. The van der Waals surface area contributed by atoms with Gasteiger partial charge in [0, 0.05) is 12.1 Å². The minimum Gasteiger partial charge on any atom is -0.454 e. The number of halogens is 1. The first-order valence-electron chi connectivity index (χ1n) is 11.7. The SMILES string of the molecule is CC(C)c1ccc(N2C(=O)CC(N(Cc3ccc4c(c3)OCO4)C(=O)c3ccc(F)cc3)C2=O)cc1. The molecule has 1 fully saturated rings. The van der Waals surface area contributed by atoms with Gasteiger partial charge in [-0.2, -0.15) is 0 Å². The van der Waals surface area contributed by atoms with E-state index in [2.05, 4.69) is 13.8 Å². The van der Waals surface area contributed by atoms with Crippen molar-refractivity contribution >= 4 is 23.4 Å². The van der Waals surface area contributed by atoms with Crippen LogP contribution in [0.15, 0.2) is 66.7 Å². The highest BCUT2D eigenvalue weighted by Gasteiger charge is 2.44. The Morgan fingerprint density at radius 2 is 1.69 bits per heavy atom. The Bertz CT molecular complexity index is 1320. The van der Waals surface area contributed by atoms with Crippen molar-refractivity contribution in [1.82, 2.24) is 4.90 Å². The van der Waals surface area contributed by atoms with E-state index in [9.17, 15) is 18.8 Å². The summed E-state index contributed by atoms with van der Waals surface area (Å²) in [5.41, 5.74) is 2.48. The zero-order valence-electron chi connectivity index (χ0n) is 19.9. The number of carbonyl (C=O) groups excluding carboxylic acids is 3. The summed E-state index contributed by atoms with van der Waals surface area (Å²) in [5, 5.41) is 0. The Labute approximate surface area is 208 Å². The average Bonchev–Trinajstić information content (AvgIpc) is 3.45. The second-order valence-corrected chi connectivity index (χ2v) is 9.16. The molecule has 1 unspecified atom stereocenters. The molecule has 2 aliphatic rings. The number of ether oxygens (including phenoxy) is 2. The monoisotopic (exact) mass is 488 g/mol. The number of hydrogen-bond acceptors (Lipinski definition) is 5. The van der Waals surface area contributed by atoms with Gasteiger partial charge in [0.25, 0.3) is 11.8 Å². The minimum atomic E-state index is -1.01. The summed E-state index contributed by atoms with van der Waals surface area (Å²) < 4.78 is 24.3. The maximum absolute atomic E-state index is 13.6. The largest absolute Gasteiger partial charge is 0.454 e. The van der Waals surface area contributed by atoms with E-state index in [0.717, 1.165) is 10.5 Å². The predicted octanol–water partition coefficient (Wildman–Crippen LogP) is 4.65. The van der Waals surface area contributed by atoms with Crippen LogP contribution in [0, 0.1) is 5.82 Å². The molecule has 0 aromatic heterocycles. The fourth-order valence-corrected chi connectivity index (χ4v) is 4.46. The average molecular weight is 489 g/mol. The van der Waals surface area contributed by atoms with Crippen molar-refractivity contribution < 1.29 is 28.2 Å². The molecule has 8 heteroatoms. The maximum Gasteiger partial charge on any atom is 0.257 e. The topological polar surface area (TPSA) is 76.2 Å². The lowest BCUT2D eigenvalue weighted by Gasteiger charge is -2.28. The van der Waals surface area contributed by atoms with Crippen LogP contribution in [0.2, 0.25) is 0 Å². The van der Waals surface area contributed by atoms with Crippen LogP contribution in [-0.2, 0) is 16.1 Å². The summed E-state index contributed by atoms with van der Waals surface area (Å²) in [6.45, 7) is 4.28. The molecule has 1 saturated heterocycles. The third kappa shape index (κ3) is 4.42. The third-order valence-corrected chi connectivity index (χ3v) is 6.46. The van der Waals surface area contributed by atoms with E-state index in [-0.39, 0.29) is 31.2 Å². The summed E-state index contributed by atoms with van der Waals surface area (Å²) >= 11 is 0. The quantitative estimate of drug-likeness (QED) is 0.472. The van der Waals surface area contributed by atoms with E-state index >= 15 is 0 Å². The Morgan fingerprint density at radius 1 is 1.00 bits per heavy atom. The van der Waals surface area contributed by atoms with Gasteiger partial charge >= 0.3 is 0 Å². The molecule has 184 valence electrons. The second-order valence-electron chi connectivity index (χ2n) is 9.16. The van der Waals surface area contributed by atoms with Crippen molar-refractivity contribution in [2.24, 2.45) is 0 Å². The molecule has 3 aromatic carbocycles. The summed E-state index contributed by atoms with van der Waals surface area (Å²) in [7, 11) is 0. The molecule has 36 heavy (non-hydrogen) atoms. The number of anilines is 1. The fourth-order valence-electron chi connectivity index (χ4n) is 4.46. The van der Waals surface area contributed by atoms with E-state index in [1.54, 1.807) is 30.3 Å². The van der Waals surface area contributed by atoms with Crippen molar-refractivity contribution in [3.8, 4) is 11.5 Å². The number of imide groups is 1. The van der Waals surface area contributed by atoms with Gasteiger partial charge < -0.3 is 14.4 Å². The Kier molecular flexibility index (Phi) is 6.18. The van der Waals surface area contributed by atoms with Crippen molar-refractivity contribution in [3.63, 3.8) is 0 Å². The van der Waals surface area contributed by atoms with Crippen molar-refractivity contribution in [1.29, 1.82) is 0 Å². The third-order valence-electron chi connectivity index (χ3n) is 6.46. The van der Waals surface area contributed by atoms with Gasteiger partial charge in [0.05, 0.1) is 12.1 Å². The fraction of sp³-hybridized carbons (Fsp3) is 0.250. The molecule has 2 aliphatic heterocycles. The number of carbonyl (C=O) groups is 3. The van der Waals surface area contributed by atoms with Crippen LogP contribution in [0.5, 0.6) is 11.5 Å². The van der Waals surface area contributed by atoms with E-state index in [4.69, 9.17) is 9.47 Å². The summed E-state index contributed by atoms with van der Waals surface area (Å²) in [5.74, 6) is -0.366. The predicted molar refractivity (Wildman–Crippen MR) is 130 cm³/mol. The molecule has 0 bridgehead atoms. The Morgan fingerprint density at radius 3 is 2.39 bits per heavy atom. The first kappa shape index (κ1) is 23.5. The molecule has 0 radical (unpaired) electrons. The van der Waals surface area contributed by atoms with Crippen LogP contribution in [0.1, 0.15) is 47.7 Å². The Hall–Kier alpha value is -4.20. The lowest BCUT2D eigenvalue weighted by molar-refractivity contribution is -0.122. The normalized spacial score (nSPS) is 16.7. The number of rotatable bonds is 6. The second kappa shape index (κ2) is 9.45. The van der Waals surface area contributed by atoms with Gasteiger partial charge in [-0.15, -0.1) is 0 Å². The van der Waals surface area contributed by atoms with Crippen molar-refractivity contribution in [3.05, 3.63) is 89.2 Å². The zero-order valence-corrected chi connectivity index (χ0v) is 19.9. The molecule has 7 nitrogen and oxygen atoms in total. The molecule has 2 heterocycles. The number of nitrogens with zero attached hydrogens (tertiary/aromatic N) is 2. The van der Waals surface area contributed by atoms with E-state index in [1.807, 2.05) is 12.1 Å². The zero-order chi connectivity index (χ0) is 25.4. The molecule has 0 N–H and O–H groups in total. The summed E-state index contributed by atoms with van der Waals surface area (Å²) in [6.07, 6.45) is -0.151. The minimum absolute atomic E-state index is 0.0522. The molecule has 1 atom stereocenters. The first-order valence-corrected chi connectivity index (χ1v) is 11.7. The maximum atomic E-state index is 13.6. The van der Waals surface area contributed by atoms with Crippen LogP contribution in [0.3, 0.4) is 0 Å². The van der Waals surface area contributed by atoms with Crippen LogP contribution in [0.25, 0.3) is 0 Å². The van der Waals surface area contributed by atoms with Crippen LogP contribution >= 0.6 is 0 Å². The van der Waals surface area contributed by atoms with Crippen LogP contribution < -0.4 is 14.4 Å². The first-order chi connectivity index (χ1) is 17.3. The smallest absolute Gasteiger partial charge is 0.257 e. The number of fused-ring (bicyclic) bond motifs is 1. The molecular weight excluding hydrogens is 463 g/mol. The van der Waals surface area contributed by atoms with Gasteiger partial charge in [0.1, 0.15) is 11.9 Å². The highest BCUT2D eigenvalue weighted by Crippen LogP contribution is 2.34. The van der Waals surface area contributed by atoms with E-state index < -0.39 is 23.7 Å². The summed E-state index contributed by atoms with van der Waals surface area (Å²) in [6, 6.07) is 16.7. The van der Waals surface area contributed by atoms with Crippen LogP contribution in [0.4, 0.5) is 10.1 Å². The van der Waals surface area contributed by atoms with E-state index in [1.165, 1.54) is 29.2 Å². The lowest BCUT2D eigenvalue weighted by atomic mass is 10.0. The number of benzene rings is 3. The van der Waals surface area contributed by atoms with Gasteiger partial charge in [-0.25, -0.2) is 9.29 Å². The van der Waals surface area contributed by atoms with Crippen molar-refractivity contribution in [2.45, 2.75) is 38.8 Å². The summed E-state index contributed by atoms with van der Waals surface area (Å²) in [4.78, 5) is 42.6. The van der Waals surface area contributed by atoms with Gasteiger partial charge in [-0.3, -0.25) is 14.4 Å². The molecular formula is C28H25FN2O5. The van der Waals surface area contributed by atoms with Crippen LogP contribution in [-0.4, -0.2) is 35.5 Å². The Balaban J connectivity index is 1.47. The standard InChI is InChI=1S/C28H25FN2O5/c1-17(2)19-6-10-22(11-7-19)31-26(32)14-23(28(31)34)30(27(33)20-4-8-21(29)9-5-20)15-18-3-12-24-25(13-18)36-16-35-24/h3-13,17,23H,14-16H2,1-2H3. The number of amides is 3. The molecule has 0 aliphatic carbocycles. The molecule has 0 saturated carbocycles. The molecule has 0 spiro atoms. The van der Waals surface area contributed by atoms with Gasteiger partial charge in [-0.05, 0) is 65.6 Å². The lowest BCUT2D eigenvalue weighted by Crippen LogP contribution is -2.45. The highest BCUT2D eigenvalue weighted by atomic mass is 19.1. The van der Waals surface area contributed by atoms with Gasteiger partial charge in [0.15, 0.2) is 11.5 Å². The molecule has 3 amide bonds. The van der Waals surface area contributed by atoms with E-state index in [0.29, 0.717) is 28.7 Å².